The van der Waals surface area contributed by atoms with Crippen molar-refractivity contribution in [2.45, 2.75) is 0 Å². The summed E-state index contributed by atoms with van der Waals surface area (Å²) in [6.45, 7) is 0. The Kier molecular flexibility index (Phi) is 4.49. The molecular formula is C16H13BrN2O3S. The van der Waals surface area contributed by atoms with Gasteiger partial charge in [-0.1, -0.05) is 33.3 Å². The maximum absolute atomic E-state index is 12.6. The number of nitrogens with one attached hydrogen (secondary N) is 1. The quantitative estimate of drug-likeness (QED) is 0.717. The number of thiazole rings is 1. The maximum atomic E-state index is 12.6. The highest BCUT2D eigenvalue weighted by Crippen LogP contribution is 2.32. The Hall–Kier alpha value is -2.12. The summed E-state index contributed by atoms with van der Waals surface area (Å²) < 4.78 is 12.5. The van der Waals surface area contributed by atoms with Crippen molar-refractivity contribution in [1.82, 2.24) is 4.98 Å². The minimum absolute atomic E-state index is 0.322. The van der Waals surface area contributed by atoms with Crippen LogP contribution in [0.1, 0.15) is 10.4 Å². The van der Waals surface area contributed by atoms with E-state index >= 15 is 0 Å². The Morgan fingerprint density at radius 3 is 2.52 bits per heavy atom. The molecule has 0 atom stereocenters. The lowest BCUT2D eigenvalue weighted by atomic mass is 10.1. The number of fused-ring (bicyclic) bond motifs is 1. The summed E-state index contributed by atoms with van der Waals surface area (Å²) in [6, 6.07) is 11.0. The summed E-state index contributed by atoms with van der Waals surface area (Å²) in [5, 5.41) is 3.33. The average molecular weight is 393 g/mol. The highest BCUT2D eigenvalue weighted by atomic mass is 79.9. The molecule has 3 aromatic rings. The van der Waals surface area contributed by atoms with Gasteiger partial charge in [0.2, 0.25) is 0 Å². The second-order valence-corrected chi connectivity index (χ2v) is 6.57. The number of aromatic nitrogens is 1. The van der Waals surface area contributed by atoms with E-state index in [1.807, 2.05) is 18.2 Å². The molecule has 0 aliphatic rings. The molecule has 0 saturated carbocycles. The van der Waals surface area contributed by atoms with E-state index in [4.69, 9.17) is 9.47 Å². The van der Waals surface area contributed by atoms with Crippen LogP contribution in [0, 0.1) is 0 Å². The maximum Gasteiger partial charge on any atom is 0.265 e. The number of methoxy groups -OCH3 is 2. The molecule has 1 amide bonds. The average Bonchev–Trinajstić information content (AvgIpc) is 2.94. The number of hydrogen-bond donors (Lipinski definition) is 1. The smallest absolute Gasteiger partial charge is 0.265 e. The first-order chi connectivity index (χ1) is 11.1. The first-order valence-corrected chi connectivity index (χ1v) is 8.31. The summed E-state index contributed by atoms with van der Waals surface area (Å²) in [5.41, 5.74) is 1.18. The molecule has 118 valence electrons. The van der Waals surface area contributed by atoms with Crippen LogP contribution in [0.4, 0.5) is 5.13 Å². The molecule has 0 fully saturated rings. The van der Waals surface area contributed by atoms with E-state index in [0.717, 1.165) is 14.7 Å². The summed E-state index contributed by atoms with van der Waals surface area (Å²) in [5.74, 6) is 0.578. The Bertz CT molecular complexity index is 857. The summed E-state index contributed by atoms with van der Waals surface area (Å²) in [6.07, 6.45) is 0. The zero-order valence-corrected chi connectivity index (χ0v) is 14.8. The zero-order valence-electron chi connectivity index (χ0n) is 12.4. The summed E-state index contributed by atoms with van der Waals surface area (Å²) in [7, 11) is 3.03. The van der Waals surface area contributed by atoms with Crippen LogP contribution in [0.15, 0.2) is 40.9 Å². The van der Waals surface area contributed by atoms with Crippen LogP contribution in [0.25, 0.3) is 10.2 Å². The Morgan fingerprint density at radius 1 is 1.17 bits per heavy atom. The number of ether oxygens (including phenoxy) is 2. The molecule has 2 aromatic carbocycles. The fourth-order valence-electron chi connectivity index (χ4n) is 2.19. The standard InChI is InChI=1S/C16H13BrN2O3S/c1-21-11-4-3-5-12(22-2)14(11)15(20)19-16-18-10-7-6-9(17)8-13(10)23-16/h3-8H,1-2H3,(H,18,19,20). The van der Waals surface area contributed by atoms with Crippen LogP contribution in [-0.2, 0) is 0 Å². The predicted octanol–water partition coefficient (Wildman–Crippen LogP) is 4.33. The van der Waals surface area contributed by atoms with Gasteiger partial charge in [0.15, 0.2) is 5.13 Å². The molecule has 3 rings (SSSR count). The zero-order chi connectivity index (χ0) is 16.4. The van der Waals surface area contributed by atoms with E-state index in [9.17, 15) is 4.79 Å². The molecule has 0 unspecified atom stereocenters. The normalized spacial score (nSPS) is 10.6. The van der Waals surface area contributed by atoms with Crippen molar-refractivity contribution in [3.05, 3.63) is 46.4 Å². The number of carbonyl (C=O) groups excluding carboxylic acids is 1. The summed E-state index contributed by atoms with van der Waals surface area (Å²) >= 11 is 4.83. The van der Waals surface area contributed by atoms with Crippen molar-refractivity contribution in [3.63, 3.8) is 0 Å². The van der Waals surface area contributed by atoms with Gasteiger partial charge in [-0.25, -0.2) is 4.98 Å². The van der Waals surface area contributed by atoms with Crippen LogP contribution < -0.4 is 14.8 Å². The third-order valence-corrected chi connectivity index (χ3v) is 4.65. The number of benzene rings is 2. The van der Waals surface area contributed by atoms with Gasteiger partial charge in [0.05, 0.1) is 24.4 Å². The van der Waals surface area contributed by atoms with Gasteiger partial charge < -0.3 is 9.47 Å². The second-order valence-electron chi connectivity index (χ2n) is 4.62. The lowest BCUT2D eigenvalue weighted by molar-refractivity contribution is 0.102. The predicted molar refractivity (Wildman–Crippen MR) is 94.8 cm³/mol. The lowest BCUT2D eigenvalue weighted by Crippen LogP contribution is -2.14. The number of carbonyl (C=O) groups is 1. The minimum atomic E-state index is -0.322. The fourth-order valence-corrected chi connectivity index (χ4v) is 3.60. The highest BCUT2D eigenvalue weighted by Gasteiger charge is 2.19. The van der Waals surface area contributed by atoms with Gasteiger partial charge in [-0.3, -0.25) is 10.1 Å². The molecule has 23 heavy (non-hydrogen) atoms. The molecule has 0 bridgehead atoms. The van der Waals surface area contributed by atoms with E-state index in [-0.39, 0.29) is 5.91 Å². The van der Waals surface area contributed by atoms with Crippen molar-refractivity contribution < 1.29 is 14.3 Å². The molecule has 0 aliphatic heterocycles. The van der Waals surface area contributed by atoms with Crippen LogP contribution in [-0.4, -0.2) is 25.1 Å². The Labute approximate surface area is 145 Å². The van der Waals surface area contributed by atoms with Gasteiger partial charge in [-0.15, -0.1) is 0 Å². The molecule has 0 aliphatic carbocycles. The molecule has 5 nitrogen and oxygen atoms in total. The Morgan fingerprint density at radius 2 is 1.87 bits per heavy atom. The minimum Gasteiger partial charge on any atom is -0.496 e. The highest BCUT2D eigenvalue weighted by molar-refractivity contribution is 9.10. The van der Waals surface area contributed by atoms with Gasteiger partial charge in [-0.05, 0) is 30.3 Å². The van der Waals surface area contributed by atoms with Crippen LogP contribution in [0.2, 0.25) is 0 Å². The van der Waals surface area contributed by atoms with Crippen molar-refractivity contribution in [2.24, 2.45) is 0 Å². The molecule has 0 radical (unpaired) electrons. The van der Waals surface area contributed by atoms with Gasteiger partial charge in [0.1, 0.15) is 17.1 Å². The van der Waals surface area contributed by atoms with Crippen molar-refractivity contribution in [2.75, 3.05) is 19.5 Å². The van der Waals surface area contributed by atoms with Gasteiger partial charge in [0.25, 0.3) is 5.91 Å². The summed E-state index contributed by atoms with van der Waals surface area (Å²) in [4.78, 5) is 17.0. The number of hydrogen-bond acceptors (Lipinski definition) is 5. The van der Waals surface area contributed by atoms with Gasteiger partial charge in [-0.2, -0.15) is 0 Å². The van der Waals surface area contributed by atoms with E-state index in [0.29, 0.717) is 22.2 Å². The fraction of sp³-hybridized carbons (Fsp3) is 0.125. The van der Waals surface area contributed by atoms with Crippen molar-refractivity contribution in [3.8, 4) is 11.5 Å². The molecular weight excluding hydrogens is 380 g/mol. The van der Waals surface area contributed by atoms with Crippen LogP contribution in [0.3, 0.4) is 0 Å². The number of anilines is 1. The van der Waals surface area contributed by atoms with Gasteiger partial charge >= 0.3 is 0 Å². The number of halogens is 1. The molecule has 1 aromatic heterocycles. The first kappa shape index (κ1) is 15.8. The largest absolute Gasteiger partial charge is 0.496 e. The third kappa shape index (κ3) is 3.16. The SMILES string of the molecule is COc1cccc(OC)c1C(=O)Nc1nc2ccc(Br)cc2s1. The topological polar surface area (TPSA) is 60.5 Å². The second kappa shape index (κ2) is 6.55. The molecule has 0 saturated heterocycles. The van der Waals surface area contributed by atoms with E-state index in [1.54, 1.807) is 18.2 Å². The molecule has 0 spiro atoms. The van der Waals surface area contributed by atoms with Crippen LogP contribution in [0.5, 0.6) is 11.5 Å². The van der Waals surface area contributed by atoms with E-state index < -0.39 is 0 Å². The van der Waals surface area contributed by atoms with Crippen molar-refractivity contribution >= 4 is 48.5 Å². The first-order valence-electron chi connectivity index (χ1n) is 6.71. The van der Waals surface area contributed by atoms with E-state index in [2.05, 4.69) is 26.2 Å². The molecule has 1 heterocycles. The number of amides is 1. The Balaban J connectivity index is 1.94. The van der Waals surface area contributed by atoms with Gasteiger partial charge in [0, 0.05) is 4.47 Å². The van der Waals surface area contributed by atoms with E-state index in [1.165, 1.54) is 25.6 Å². The lowest BCUT2D eigenvalue weighted by Gasteiger charge is -2.11. The molecule has 7 heteroatoms. The monoisotopic (exact) mass is 392 g/mol. The van der Waals surface area contributed by atoms with Crippen molar-refractivity contribution in [1.29, 1.82) is 0 Å². The number of nitrogens with zero attached hydrogens (tertiary/aromatic N) is 1. The third-order valence-electron chi connectivity index (χ3n) is 3.23. The van der Waals surface area contributed by atoms with Crippen LogP contribution >= 0.6 is 27.3 Å². The molecule has 1 N–H and O–H groups in total. The number of rotatable bonds is 4.